The Hall–Kier alpha value is -0.590. The molecule has 0 aliphatic heterocycles. The first-order valence-electron chi connectivity index (χ1n) is 7.40. The Bertz CT molecular complexity index is 416. The second-order valence-corrected chi connectivity index (χ2v) is 7.22. The normalized spacial score (nSPS) is 12.3. The number of hydrogen-bond donors (Lipinski definition) is 1. The Kier molecular flexibility index (Phi) is 7.70. The largest absolute Gasteiger partial charge is 0.375 e. The van der Waals surface area contributed by atoms with Crippen molar-refractivity contribution in [3.05, 3.63) is 15.6 Å². The summed E-state index contributed by atoms with van der Waals surface area (Å²) in [4.78, 5) is 5.87. The first kappa shape index (κ1) is 18.5. The number of rotatable bonds is 9. The summed E-state index contributed by atoms with van der Waals surface area (Å²) >= 11 is 1.66. The van der Waals surface area contributed by atoms with Crippen LogP contribution in [0.25, 0.3) is 0 Å². The number of aryl methyl sites for hydroxylation is 1. The summed E-state index contributed by atoms with van der Waals surface area (Å²) in [5, 5.41) is 4.44. The molecule has 0 aliphatic rings. The van der Waals surface area contributed by atoms with Gasteiger partial charge in [-0.05, 0) is 27.2 Å². The van der Waals surface area contributed by atoms with Crippen LogP contribution in [0, 0.1) is 0 Å². The molecule has 0 saturated carbocycles. The third kappa shape index (κ3) is 7.83. The number of nitrogens with one attached hydrogen (secondary N) is 1. The molecule has 0 aromatic carbocycles. The van der Waals surface area contributed by atoms with Gasteiger partial charge in [-0.25, -0.2) is 13.8 Å². The predicted molar refractivity (Wildman–Crippen MR) is 83.2 cm³/mol. The Labute approximate surface area is 130 Å². The molecule has 0 unspecified atom stereocenters. The van der Waals surface area contributed by atoms with Crippen molar-refractivity contribution in [2.75, 3.05) is 13.2 Å². The minimum atomic E-state index is -2.40. The lowest BCUT2D eigenvalue weighted by Gasteiger charge is -2.20. The lowest BCUT2D eigenvalue weighted by Crippen LogP contribution is -2.35. The fraction of sp³-hybridized carbons (Fsp3) is 0.800. The van der Waals surface area contributed by atoms with Gasteiger partial charge in [0.15, 0.2) is 0 Å². The van der Waals surface area contributed by atoms with E-state index in [0.717, 1.165) is 30.1 Å². The molecule has 3 nitrogen and oxygen atoms in total. The lowest BCUT2D eigenvalue weighted by molar-refractivity contribution is 0.0187. The number of aromatic nitrogens is 1. The average Bonchev–Trinajstić information content (AvgIpc) is 2.74. The molecule has 1 heterocycles. The molecule has 0 bridgehead atoms. The van der Waals surface area contributed by atoms with Crippen molar-refractivity contribution in [3.8, 4) is 0 Å². The summed E-state index contributed by atoms with van der Waals surface area (Å²) in [6.45, 7) is 9.13. The third-order valence-electron chi connectivity index (χ3n) is 2.79. The van der Waals surface area contributed by atoms with Crippen molar-refractivity contribution in [2.24, 2.45) is 0 Å². The van der Waals surface area contributed by atoms with Crippen LogP contribution in [-0.4, -0.2) is 30.2 Å². The number of halogens is 2. The van der Waals surface area contributed by atoms with E-state index in [-0.39, 0.29) is 5.54 Å². The Morgan fingerprint density at radius 1 is 1.29 bits per heavy atom. The van der Waals surface area contributed by atoms with Crippen LogP contribution in [0.15, 0.2) is 0 Å². The van der Waals surface area contributed by atoms with Crippen molar-refractivity contribution >= 4 is 11.3 Å². The molecule has 1 rings (SSSR count). The van der Waals surface area contributed by atoms with Gasteiger partial charge in [0.25, 0.3) is 6.43 Å². The minimum Gasteiger partial charge on any atom is -0.375 e. The lowest BCUT2D eigenvalue weighted by atomic mass is 10.1. The molecule has 1 N–H and O–H groups in total. The van der Waals surface area contributed by atoms with Crippen LogP contribution in [0.1, 0.15) is 49.7 Å². The van der Waals surface area contributed by atoms with Crippen LogP contribution in [-0.2, 0) is 24.1 Å². The summed E-state index contributed by atoms with van der Waals surface area (Å²) in [5.74, 6) is 0. The van der Waals surface area contributed by atoms with E-state index < -0.39 is 13.0 Å². The van der Waals surface area contributed by atoms with Gasteiger partial charge in [-0.2, -0.15) is 0 Å². The number of alkyl halides is 2. The van der Waals surface area contributed by atoms with Gasteiger partial charge in [0.05, 0.1) is 17.3 Å². The van der Waals surface area contributed by atoms with E-state index >= 15 is 0 Å². The zero-order valence-corrected chi connectivity index (χ0v) is 14.2. The molecule has 0 radical (unpaired) electrons. The first-order valence-corrected chi connectivity index (χ1v) is 8.22. The molecule has 1 aromatic rings. The molecule has 1 aromatic heterocycles. The monoisotopic (exact) mass is 320 g/mol. The molecule has 6 heteroatoms. The van der Waals surface area contributed by atoms with Crippen LogP contribution in [0.5, 0.6) is 0 Å². The van der Waals surface area contributed by atoms with Crippen molar-refractivity contribution in [1.29, 1.82) is 0 Å². The minimum absolute atomic E-state index is 0.0635. The molecular formula is C15H26F2N2OS. The van der Waals surface area contributed by atoms with Gasteiger partial charge in [0, 0.05) is 23.4 Å². The van der Waals surface area contributed by atoms with Crippen LogP contribution >= 0.6 is 11.3 Å². The maximum atomic E-state index is 12.0. The summed E-state index contributed by atoms with van der Waals surface area (Å²) in [6, 6.07) is 0. The van der Waals surface area contributed by atoms with Gasteiger partial charge in [0.1, 0.15) is 6.61 Å². The second kappa shape index (κ2) is 8.76. The van der Waals surface area contributed by atoms with Gasteiger partial charge in [-0.15, -0.1) is 11.3 Å². The SMILES string of the molecule is CCCc1nc(CCOCC(F)F)sc1CNC(C)(C)C. The van der Waals surface area contributed by atoms with Crippen LogP contribution in [0.3, 0.4) is 0 Å². The predicted octanol–water partition coefficient (Wildman–Crippen LogP) is 3.81. The number of nitrogens with zero attached hydrogens (tertiary/aromatic N) is 1. The Morgan fingerprint density at radius 3 is 2.57 bits per heavy atom. The van der Waals surface area contributed by atoms with Gasteiger partial charge in [0.2, 0.25) is 0 Å². The summed E-state index contributed by atoms with van der Waals surface area (Å²) in [6.07, 6.45) is 0.204. The Morgan fingerprint density at radius 2 is 2.00 bits per heavy atom. The maximum absolute atomic E-state index is 12.0. The zero-order chi connectivity index (χ0) is 15.9. The molecule has 0 spiro atoms. The van der Waals surface area contributed by atoms with Gasteiger partial charge in [-0.3, -0.25) is 0 Å². The van der Waals surface area contributed by atoms with Gasteiger partial charge >= 0.3 is 0 Å². The first-order chi connectivity index (χ1) is 9.81. The molecule has 21 heavy (non-hydrogen) atoms. The highest BCUT2D eigenvalue weighted by atomic mass is 32.1. The molecular weight excluding hydrogens is 294 g/mol. The quantitative estimate of drug-likeness (QED) is 0.703. The van der Waals surface area contributed by atoms with Crippen LogP contribution < -0.4 is 5.32 Å². The summed E-state index contributed by atoms with van der Waals surface area (Å²) in [7, 11) is 0. The topological polar surface area (TPSA) is 34.1 Å². The Balaban J connectivity index is 2.57. The van der Waals surface area contributed by atoms with Crippen molar-refractivity contribution < 1.29 is 13.5 Å². The molecule has 0 amide bonds. The maximum Gasteiger partial charge on any atom is 0.261 e. The third-order valence-corrected chi connectivity index (χ3v) is 3.95. The van der Waals surface area contributed by atoms with Crippen molar-refractivity contribution in [2.45, 2.75) is 65.5 Å². The van der Waals surface area contributed by atoms with Crippen LogP contribution in [0.4, 0.5) is 8.78 Å². The molecule has 0 saturated heterocycles. The van der Waals surface area contributed by atoms with E-state index in [1.165, 1.54) is 4.88 Å². The molecule has 0 fully saturated rings. The van der Waals surface area contributed by atoms with Crippen molar-refractivity contribution in [3.63, 3.8) is 0 Å². The molecule has 0 aliphatic carbocycles. The summed E-state index contributed by atoms with van der Waals surface area (Å²) in [5.41, 5.74) is 1.19. The number of hydrogen-bond acceptors (Lipinski definition) is 4. The van der Waals surface area contributed by atoms with Gasteiger partial charge < -0.3 is 10.1 Å². The van der Waals surface area contributed by atoms with E-state index in [9.17, 15) is 8.78 Å². The summed E-state index contributed by atoms with van der Waals surface area (Å²) < 4.78 is 28.9. The second-order valence-electron chi connectivity index (χ2n) is 6.05. The molecule has 122 valence electrons. The highest BCUT2D eigenvalue weighted by Crippen LogP contribution is 2.21. The van der Waals surface area contributed by atoms with E-state index in [2.05, 4.69) is 38.0 Å². The van der Waals surface area contributed by atoms with Crippen molar-refractivity contribution in [1.82, 2.24) is 10.3 Å². The standard InChI is InChI=1S/C15H26F2N2OS/c1-5-6-11-12(9-18-15(2,3)4)21-14(19-11)7-8-20-10-13(16)17/h13,18H,5-10H2,1-4H3. The number of ether oxygens (including phenoxy) is 1. The van der Waals surface area contributed by atoms with E-state index in [1.807, 2.05) is 0 Å². The molecule has 0 atom stereocenters. The van der Waals surface area contributed by atoms with E-state index in [1.54, 1.807) is 11.3 Å². The van der Waals surface area contributed by atoms with Crippen LogP contribution in [0.2, 0.25) is 0 Å². The highest BCUT2D eigenvalue weighted by Gasteiger charge is 2.14. The highest BCUT2D eigenvalue weighted by molar-refractivity contribution is 7.11. The average molecular weight is 320 g/mol. The zero-order valence-electron chi connectivity index (χ0n) is 13.3. The van der Waals surface area contributed by atoms with Gasteiger partial charge in [-0.1, -0.05) is 13.3 Å². The van der Waals surface area contributed by atoms with E-state index in [4.69, 9.17) is 4.74 Å². The van der Waals surface area contributed by atoms with E-state index in [0.29, 0.717) is 13.0 Å². The number of thiazole rings is 1. The fourth-order valence-electron chi connectivity index (χ4n) is 1.79. The fourth-order valence-corrected chi connectivity index (χ4v) is 2.83. The smallest absolute Gasteiger partial charge is 0.261 e.